The van der Waals surface area contributed by atoms with E-state index in [0.29, 0.717) is 13.1 Å². The Morgan fingerprint density at radius 1 is 1.25 bits per heavy atom. The number of pyridine rings is 1. The van der Waals surface area contributed by atoms with E-state index >= 15 is 0 Å². The van der Waals surface area contributed by atoms with Crippen LogP contribution in [0.5, 0.6) is 0 Å². The summed E-state index contributed by atoms with van der Waals surface area (Å²) in [6.45, 7) is 2.86. The van der Waals surface area contributed by atoms with E-state index in [-0.39, 0.29) is 5.91 Å². The summed E-state index contributed by atoms with van der Waals surface area (Å²) in [5.74, 6) is -0.701. The Bertz CT molecular complexity index is 1050. The topological polar surface area (TPSA) is 59.5 Å². The van der Waals surface area contributed by atoms with Crippen LogP contribution in [0.1, 0.15) is 22.9 Å². The molecule has 6 heteroatoms. The number of fused-ring (bicyclic) bond motifs is 2. The SMILES string of the molecule is CC(OC(=O)/C=C/c1cccc2cccnc12)C(=O)N1CCc2sccc2C1. The zero-order valence-electron chi connectivity index (χ0n) is 15.5. The molecule has 0 aliphatic carbocycles. The number of esters is 1. The summed E-state index contributed by atoms with van der Waals surface area (Å²) in [4.78, 5) is 32.3. The fraction of sp³-hybridized carbons (Fsp3) is 0.227. The fourth-order valence-electron chi connectivity index (χ4n) is 3.38. The number of carbonyl (C=O) groups is 2. The van der Waals surface area contributed by atoms with Crippen LogP contribution in [-0.2, 0) is 27.3 Å². The Morgan fingerprint density at radius 2 is 2.11 bits per heavy atom. The van der Waals surface area contributed by atoms with E-state index in [0.717, 1.165) is 22.9 Å². The minimum atomic E-state index is -0.817. The molecule has 142 valence electrons. The van der Waals surface area contributed by atoms with Crippen LogP contribution in [0.25, 0.3) is 17.0 Å². The fourth-order valence-corrected chi connectivity index (χ4v) is 4.27. The second-order valence-corrected chi connectivity index (χ2v) is 7.71. The van der Waals surface area contributed by atoms with E-state index in [1.54, 1.807) is 35.4 Å². The number of rotatable bonds is 4. The molecular formula is C22H20N2O3S. The Labute approximate surface area is 167 Å². The van der Waals surface area contributed by atoms with Gasteiger partial charge in [0.1, 0.15) is 0 Å². The smallest absolute Gasteiger partial charge is 0.331 e. The lowest BCUT2D eigenvalue weighted by Gasteiger charge is -2.29. The van der Waals surface area contributed by atoms with Crippen molar-refractivity contribution in [1.82, 2.24) is 9.88 Å². The van der Waals surface area contributed by atoms with Crippen LogP contribution in [0.3, 0.4) is 0 Å². The van der Waals surface area contributed by atoms with Crippen molar-refractivity contribution in [2.24, 2.45) is 0 Å². The number of aromatic nitrogens is 1. The maximum absolute atomic E-state index is 12.6. The average molecular weight is 392 g/mol. The molecule has 1 atom stereocenters. The molecule has 3 aromatic rings. The van der Waals surface area contributed by atoms with Crippen LogP contribution in [-0.4, -0.2) is 34.4 Å². The van der Waals surface area contributed by atoms with Gasteiger partial charge in [-0.15, -0.1) is 11.3 Å². The van der Waals surface area contributed by atoms with Gasteiger partial charge in [-0.3, -0.25) is 9.78 Å². The highest BCUT2D eigenvalue weighted by Gasteiger charge is 2.27. The van der Waals surface area contributed by atoms with E-state index in [4.69, 9.17) is 4.74 Å². The summed E-state index contributed by atoms with van der Waals surface area (Å²) in [7, 11) is 0. The molecule has 0 N–H and O–H groups in total. The number of carbonyl (C=O) groups excluding carboxylic acids is 2. The number of hydrogen-bond acceptors (Lipinski definition) is 5. The Hall–Kier alpha value is -2.99. The number of hydrogen-bond donors (Lipinski definition) is 0. The van der Waals surface area contributed by atoms with Gasteiger partial charge >= 0.3 is 5.97 Å². The first-order chi connectivity index (χ1) is 13.6. The molecule has 0 saturated carbocycles. The molecule has 1 unspecified atom stereocenters. The highest BCUT2D eigenvalue weighted by molar-refractivity contribution is 7.10. The first-order valence-corrected chi connectivity index (χ1v) is 10.1. The summed E-state index contributed by atoms with van der Waals surface area (Å²) in [6, 6.07) is 11.7. The first-order valence-electron chi connectivity index (χ1n) is 9.18. The molecule has 1 aliphatic rings. The molecular weight excluding hydrogens is 372 g/mol. The van der Waals surface area contributed by atoms with E-state index < -0.39 is 12.1 Å². The van der Waals surface area contributed by atoms with Crippen molar-refractivity contribution in [1.29, 1.82) is 0 Å². The predicted octanol–water partition coefficient (Wildman–Crippen LogP) is 3.83. The summed E-state index contributed by atoms with van der Waals surface area (Å²) < 4.78 is 5.33. The van der Waals surface area contributed by atoms with Crippen molar-refractivity contribution in [2.75, 3.05) is 6.54 Å². The Morgan fingerprint density at radius 3 is 3.00 bits per heavy atom. The van der Waals surface area contributed by atoms with Gasteiger partial charge in [0.2, 0.25) is 0 Å². The molecule has 1 amide bonds. The summed E-state index contributed by atoms with van der Waals surface area (Å²) >= 11 is 1.73. The molecule has 0 spiro atoms. The highest BCUT2D eigenvalue weighted by Crippen LogP contribution is 2.24. The third kappa shape index (κ3) is 3.82. The average Bonchev–Trinajstić information content (AvgIpc) is 3.19. The van der Waals surface area contributed by atoms with Crippen LogP contribution in [0.15, 0.2) is 54.1 Å². The van der Waals surface area contributed by atoms with Crippen LogP contribution < -0.4 is 0 Å². The van der Waals surface area contributed by atoms with Crippen LogP contribution in [0.4, 0.5) is 0 Å². The Balaban J connectivity index is 1.39. The van der Waals surface area contributed by atoms with Gasteiger partial charge in [0.05, 0.1) is 5.52 Å². The van der Waals surface area contributed by atoms with Gasteiger partial charge in [-0.2, -0.15) is 0 Å². The van der Waals surface area contributed by atoms with E-state index in [9.17, 15) is 9.59 Å². The van der Waals surface area contributed by atoms with Gasteiger partial charge in [-0.05, 0) is 42.5 Å². The van der Waals surface area contributed by atoms with Crippen molar-refractivity contribution in [3.63, 3.8) is 0 Å². The quantitative estimate of drug-likeness (QED) is 0.500. The third-order valence-electron chi connectivity index (χ3n) is 4.82. The second-order valence-electron chi connectivity index (χ2n) is 6.71. The van der Waals surface area contributed by atoms with E-state index in [2.05, 4.69) is 16.4 Å². The molecule has 5 nitrogen and oxygen atoms in total. The number of para-hydroxylation sites is 1. The van der Waals surface area contributed by atoms with Gasteiger partial charge in [-0.1, -0.05) is 24.3 Å². The number of nitrogens with zero attached hydrogens (tertiary/aromatic N) is 2. The lowest BCUT2D eigenvalue weighted by atomic mass is 10.1. The van der Waals surface area contributed by atoms with Crippen molar-refractivity contribution < 1.29 is 14.3 Å². The summed E-state index contributed by atoms with van der Waals surface area (Å²) in [5.41, 5.74) is 2.83. The largest absolute Gasteiger partial charge is 0.449 e. The molecule has 28 heavy (non-hydrogen) atoms. The summed E-state index contributed by atoms with van der Waals surface area (Å²) in [5, 5.41) is 3.05. The van der Waals surface area contributed by atoms with Crippen molar-refractivity contribution in [2.45, 2.75) is 26.0 Å². The zero-order valence-corrected chi connectivity index (χ0v) is 16.3. The van der Waals surface area contributed by atoms with Gasteiger partial charge in [0.15, 0.2) is 6.10 Å². The Kier molecular flexibility index (Phi) is 5.21. The molecule has 1 aromatic carbocycles. The zero-order chi connectivity index (χ0) is 19.5. The lowest BCUT2D eigenvalue weighted by molar-refractivity contribution is -0.155. The minimum absolute atomic E-state index is 0.162. The van der Waals surface area contributed by atoms with Crippen LogP contribution >= 0.6 is 11.3 Å². The molecule has 2 aromatic heterocycles. The maximum Gasteiger partial charge on any atom is 0.331 e. The normalized spacial score (nSPS) is 14.8. The number of ether oxygens (including phenoxy) is 1. The lowest BCUT2D eigenvalue weighted by Crippen LogP contribution is -2.42. The molecule has 3 heterocycles. The number of amides is 1. The van der Waals surface area contributed by atoms with Gasteiger partial charge in [0.25, 0.3) is 5.91 Å². The van der Waals surface area contributed by atoms with Crippen molar-refractivity contribution >= 4 is 40.2 Å². The monoisotopic (exact) mass is 392 g/mol. The van der Waals surface area contributed by atoms with Gasteiger partial charge in [0, 0.05) is 41.2 Å². The van der Waals surface area contributed by atoms with Gasteiger partial charge in [-0.25, -0.2) is 4.79 Å². The van der Waals surface area contributed by atoms with Crippen LogP contribution in [0, 0.1) is 0 Å². The third-order valence-corrected chi connectivity index (χ3v) is 5.85. The predicted molar refractivity (Wildman–Crippen MR) is 110 cm³/mol. The highest BCUT2D eigenvalue weighted by atomic mass is 32.1. The number of thiophene rings is 1. The minimum Gasteiger partial charge on any atom is -0.449 e. The number of benzene rings is 1. The van der Waals surface area contributed by atoms with E-state index in [1.807, 2.05) is 30.3 Å². The molecule has 0 bridgehead atoms. The van der Waals surface area contributed by atoms with Crippen molar-refractivity contribution in [3.8, 4) is 0 Å². The van der Waals surface area contributed by atoms with E-state index in [1.165, 1.54) is 16.5 Å². The second kappa shape index (κ2) is 7.94. The first kappa shape index (κ1) is 18.4. The summed E-state index contributed by atoms with van der Waals surface area (Å²) in [6.07, 6.45) is 4.78. The molecule has 4 rings (SSSR count). The standard InChI is InChI=1S/C22H20N2O3S/c1-15(22(26)24-12-9-19-18(14-24)10-13-28-19)27-20(25)8-7-17-5-2-4-16-6-3-11-23-21(16)17/h2-8,10-11,13,15H,9,12,14H2,1H3/b8-7+. The van der Waals surface area contributed by atoms with Crippen LogP contribution in [0.2, 0.25) is 0 Å². The maximum atomic E-state index is 12.6. The molecule has 0 saturated heterocycles. The molecule has 0 fully saturated rings. The van der Waals surface area contributed by atoms with Crippen molar-refractivity contribution in [3.05, 3.63) is 70.1 Å². The van der Waals surface area contributed by atoms with Gasteiger partial charge < -0.3 is 9.64 Å². The molecule has 0 radical (unpaired) electrons. The molecule has 1 aliphatic heterocycles.